The molecule has 1 aliphatic heterocycles. The zero-order valence-corrected chi connectivity index (χ0v) is 20.7. The number of hydrogen-bond donors (Lipinski definition) is 1. The van der Waals surface area contributed by atoms with Crippen molar-refractivity contribution in [1.29, 1.82) is 0 Å². The quantitative estimate of drug-likeness (QED) is 0.398. The summed E-state index contributed by atoms with van der Waals surface area (Å²) < 4.78 is 44.3. The van der Waals surface area contributed by atoms with Crippen LogP contribution in [0.3, 0.4) is 0 Å². The fourth-order valence-corrected chi connectivity index (χ4v) is 5.21. The van der Waals surface area contributed by atoms with Crippen LogP contribution in [0, 0.1) is 6.92 Å². The van der Waals surface area contributed by atoms with E-state index in [9.17, 15) is 22.8 Å². The van der Waals surface area contributed by atoms with Crippen molar-refractivity contribution in [2.24, 2.45) is 0 Å². The Kier molecular flexibility index (Phi) is 7.73. The lowest BCUT2D eigenvalue weighted by molar-refractivity contribution is -0.138. The van der Waals surface area contributed by atoms with Crippen LogP contribution in [0.2, 0.25) is 0 Å². The number of halogens is 3. The Labute approximate surface area is 211 Å². The first-order chi connectivity index (χ1) is 17.1. The van der Waals surface area contributed by atoms with E-state index in [2.05, 4.69) is 10.3 Å². The van der Waals surface area contributed by atoms with Crippen molar-refractivity contribution in [2.45, 2.75) is 49.1 Å². The summed E-state index contributed by atoms with van der Waals surface area (Å²) in [5.41, 5.74) is -0.154. The van der Waals surface area contributed by atoms with E-state index in [0.29, 0.717) is 25.0 Å². The lowest BCUT2D eigenvalue weighted by Gasteiger charge is -2.33. The molecule has 2 aromatic heterocycles. The summed E-state index contributed by atoms with van der Waals surface area (Å²) in [6.45, 7) is 4.51. The van der Waals surface area contributed by atoms with Crippen molar-refractivity contribution in [3.8, 4) is 0 Å². The molecule has 1 N–H and O–H groups in total. The molecule has 1 saturated heterocycles. The smallest absolute Gasteiger partial charge is 0.420 e. The Balaban J connectivity index is 1.32. The molecule has 0 saturated carbocycles. The molecule has 1 atom stereocenters. The third-order valence-corrected chi connectivity index (χ3v) is 7.28. The number of carbonyl (C=O) groups is 2. The van der Waals surface area contributed by atoms with Crippen molar-refractivity contribution >= 4 is 29.3 Å². The van der Waals surface area contributed by atoms with E-state index in [1.165, 1.54) is 18.7 Å². The third kappa shape index (κ3) is 5.92. The largest absolute Gasteiger partial charge is 0.468 e. The van der Waals surface area contributed by atoms with E-state index in [1.54, 1.807) is 18.3 Å². The molecule has 0 spiro atoms. The summed E-state index contributed by atoms with van der Waals surface area (Å²) in [5, 5.41) is 3.11. The minimum absolute atomic E-state index is 0.0921. The van der Waals surface area contributed by atoms with Gasteiger partial charge in [-0.25, -0.2) is 4.98 Å². The standard InChI is InChI=1S/C26H26F3N3O3S/c1-16-23(21(15-35-16)26(27,28)29)24(33)31-20-8-6-18(7-9-20)19-10-13-32(14-11-19)25(34)17(2)36-22-5-3-4-12-30-22/h3-9,12,15,17,19H,10-11,13-14H2,1-2H3,(H,31,33). The van der Waals surface area contributed by atoms with Gasteiger partial charge in [-0.3, -0.25) is 9.59 Å². The Hall–Kier alpha value is -3.27. The summed E-state index contributed by atoms with van der Waals surface area (Å²) in [6.07, 6.45) is -0.801. The monoisotopic (exact) mass is 517 g/mol. The van der Waals surface area contributed by atoms with Crippen LogP contribution in [-0.2, 0) is 11.0 Å². The molecule has 36 heavy (non-hydrogen) atoms. The highest BCUT2D eigenvalue weighted by Gasteiger charge is 2.38. The molecule has 0 radical (unpaired) electrons. The highest BCUT2D eigenvalue weighted by atomic mass is 32.2. The number of pyridine rings is 1. The van der Waals surface area contributed by atoms with Gasteiger partial charge in [0.2, 0.25) is 5.91 Å². The number of thioether (sulfide) groups is 1. The number of nitrogens with zero attached hydrogens (tertiary/aromatic N) is 2. The van der Waals surface area contributed by atoms with E-state index in [0.717, 1.165) is 23.4 Å². The number of aryl methyl sites for hydroxylation is 1. The van der Waals surface area contributed by atoms with Gasteiger partial charge in [0.15, 0.2) is 0 Å². The van der Waals surface area contributed by atoms with Gasteiger partial charge in [-0.15, -0.1) is 0 Å². The van der Waals surface area contributed by atoms with Crippen LogP contribution in [0.1, 0.15) is 52.9 Å². The first-order valence-corrected chi connectivity index (χ1v) is 12.4. The Morgan fingerprint density at radius 1 is 1.14 bits per heavy atom. The minimum atomic E-state index is -4.68. The van der Waals surface area contributed by atoms with Gasteiger partial charge in [-0.1, -0.05) is 30.0 Å². The van der Waals surface area contributed by atoms with Gasteiger partial charge in [0.05, 0.1) is 15.8 Å². The number of likely N-dealkylation sites (tertiary alicyclic amines) is 1. The second-order valence-electron chi connectivity index (χ2n) is 8.68. The molecule has 2 amide bonds. The number of nitrogens with one attached hydrogen (secondary N) is 1. The van der Waals surface area contributed by atoms with Gasteiger partial charge in [0, 0.05) is 25.0 Å². The van der Waals surface area contributed by atoms with Gasteiger partial charge in [0.1, 0.15) is 17.6 Å². The molecule has 4 rings (SSSR count). The number of rotatable bonds is 6. The van der Waals surface area contributed by atoms with Crippen molar-refractivity contribution in [2.75, 3.05) is 18.4 Å². The van der Waals surface area contributed by atoms with Gasteiger partial charge >= 0.3 is 6.18 Å². The van der Waals surface area contributed by atoms with Crippen LogP contribution in [0.5, 0.6) is 0 Å². The first-order valence-electron chi connectivity index (χ1n) is 11.6. The second kappa shape index (κ2) is 10.8. The fraction of sp³-hybridized carbons (Fsp3) is 0.346. The second-order valence-corrected chi connectivity index (χ2v) is 10.0. The van der Waals surface area contributed by atoms with Crippen LogP contribution in [0.15, 0.2) is 64.4 Å². The van der Waals surface area contributed by atoms with Crippen LogP contribution >= 0.6 is 11.8 Å². The third-order valence-electron chi connectivity index (χ3n) is 6.24. The van der Waals surface area contributed by atoms with Gasteiger partial charge < -0.3 is 14.6 Å². The summed E-state index contributed by atoms with van der Waals surface area (Å²) in [4.78, 5) is 31.5. The molecule has 1 aliphatic rings. The molecule has 0 aliphatic carbocycles. The summed E-state index contributed by atoms with van der Waals surface area (Å²) in [5.74, 6) is -0.614. The molecule has 1 aromatic carbocycles. The van der Waals surface area contributed by atoms with E-state index in [1.807, 2.05) is 42.2 Å². The Bertz CT molecular complexity index is 1200. The minimum Gasteiger partial charge on any atom is -0.468 e. The van der Waals surface area contributed by atoms with Crippen molar-refractivity contribution < 1.29 is 27.2 Å². The lowest BCUT2D eigenvalue weighted by atomic mass is 9.89. The maximum absolute atomic E-state index is 13.2. The predicted molar refractivity (Wildman–Crippen MR) is 131 cm³/mol. The normalized spacial score (nSPS) is 15.5. The van der Waals surface area contributed by atoms with E-state index in [4.69, 9.17) is 4.42 Å². The zero-order chi connectivity index (χ0) is 25.9. The molecule has 3 aromatic rings. The van der Waals surface area contributed by atoms with E-state index >= 15 is 0 Å². The number of anilines is 1. The number of piperidine rings is 1. The molecular weight excluding hydrogens is 491 g/mol. The molecule has 3 heterocycles. The molecular formula is C26H26F3N3O3S. The lowest BCUT2D eigenvalue weighted by Crippen LogP contribution is -2.41. The average molecular weight is 518 g/mol. The number of hydrogen-bond acceptors (Lipinski definition) is 5. The first kappa shape index (κ1) is 25.8. The van der Waals surface area contributed by atoms with E-state index in [-0.39, 0.29) is 22.8 Å². The summed E-state index contributed by atoms with van der Waals surface area (Å²) >= 11 is 1.45. The maximum atomic E-state index is 13.2. The number of furan rings is 1. The number of carbonyl (C=O) groups excluding carboxylic acids is 2. The van der Waals surface area contributed by atoms with Gasteiger partial charge in [-0.2, -0.15) is 13.2 Å². The van der Waals surface area contributed by atoms with E-state index < -0.39 is 23.2 Å². The molecule has 0 bridgehead atoms. The summed E-state index contributed by atoms with van der Waals surface area (Å²) in [6, 6.07) is 12.7. The van der Waals surface area contributed by atoms with Crippen molar-refractivity contribution in [3.63, 3.8) is 0 Å². The number of aromatic nitrogens is 1. The van der Waals surface area contributed by atoms with Gasteiger partial charge in [-0.05, 0) is 62.4 Å². The molecule has 6 nitrogen and oxygen atoms in total. The number of alkyl halides is 3. The molecule has 1 unspecified atom stereocenters. The predicted octanol–water partition coefficient (Wildman–Crippen LogP) is 6.14. The average Bonchev–Trinajstić information content (AvgIpc) is 3.27. The van der Waals surface area contributed by atoms with Crippen LogP contribution in [0.25, 0.3) is 0 Å². The highest BCUT2D eigenvalue weighted by Crippen LogP contribution is 2.35. The fourth-order valence-electron chi connectivity index (χ4n) is 4.32. The summed E-state index contributed by atoms with van der Waals surface area (Å²) in [7, 11) is 0. The topological polar surface area (TPSA) is 75.4 Å². The van der Waals surface area contributed by atoms with Gasteiger partial charge in [0.25, 0.3) is 5.91 Å². The molecule has 190 valence electrons. The highest BCUT2D eigenvalue weighted by molar-refractivity contribution is 8.00. The SMILES string of the molecule is Cc1occ(C(F)(F)F)c1C(=O)Nc1ccc(C2CCN(C(=O)C(C)Sc3ccccn3)CC2)cc1. The van der Waals surface area contributed by atoms with Crippen molar-refractivity contribution in [3.05, 3.63) is 77.4 Å². The number of amides is 2. The van der Waals surface area contributed by atoms with Crippen LogP contribution < -0.4 is 5.32 Å². The molecule has 1 fully saturated rings. The number of benzene rings is 1. The maximum Gasteiger partial charge on any atom is 0.420 e. The zero-order valence-electron chi connectivity index (χ0n) is 19.8. The Morgan fingerprint density at radius 2 is 1.83 bits per heavy atom. The van der Waals surface area contributed by atoms with Crippen molar-refractivity contribution in [1.82, 2.24) is 9.88 Å². The Morgan fingerprint density at radius 3 is 2.44 bits per heavy atom. The van der Waals surface area contributed by atoms with Crippen LogP contribution in [-0.4, -0.2) is 40.0 Å². The van der Waals surface area contributed by atoms with Crippen LogP contribution in [0.4, 0.5) is 18.9 Å². The molecule has 10 heteroatoms.